The third kappa shape index (κ3) is 3.49. The average molecular weight is 327 g/mol. The van der Waals surface area contributed by atoms with Crippen LogP contribution in [0.1, 0.15) is 23.1 Å². The van der Waals surface area contributed by atoms with Crippen LogP contribution in [0.15, 0.2) is 30.6 Å². The van der Waals surface area contributed by atoms with Crippen molar-refractivity contribution in [3.63, 3.8) is 0 Å². The van der Waals surface area contributed by atoms with Crippen molar-refractivity contribution >= 4 is 44.2 Å². The first-order valence-electron chi connectivity index (χ1n) is 6.79. The van der Waals surface area contributed by atoms with Gasteiger partial charge >= 0.3 is 0 Å². The van der Waals surface area contributed by atoms with Gasteiger partial charge in [-0.25, -0.2) is 9.97 Å². The fourth-order valence-corrected chi connectivity index (χ4v) is 2.83. The molecule has 7 nitrogen and oxygen atoms in total. The van der Waals surface area contributed by atoms with E-state index in [9.17, 15) is 9.59 Å². The predicted octanol–water partition coefficient (Wildman–Crippen LogP) is 2.61. The van der Waals surface area contributed by atoms with Crippen molar-refractivity contribution in [2.24, 2.45) is 0 Å². The molecule has 3 rings (SSSR count). The molecule has 0 atom stereocenters. The minimum atomic E-state index is -0.362. The molecule has 0 bridgehead atoms. The molecule has 23 heavy (non-hydrogen) atoms. The molecular weight excluding hydrogens is 314 g/mol. The van der Waals surface area contributed by atoms with Gasteiger partial charge in [-0.15, -0.1) is 0 Å². The molecular formula is C15H13N5O2S. The SMILES string of the molecule is CC(=O)Nc1ccc2nc(NC(=O)c3cnc(C)cn3)sc2c1. The maximum Gasteiger partial charge on any atom is 0.277 e. The number of anilines is 2. The molecule has 2 amide bonds. The van der Waals surface area contributed by atoms with Crippen molar-refractivity contribution in [2.45, 2.75) is 13.8 Å². The Bertz CT molecular complexity index is 889. The molecule has 0 saturated heterocycles. The van der Waals surface area contributed by atoms with Gasteiger partial charge in [0.05, 0.1) is 22.1 Å². The molecule has 2 aromatic heterocycles. The molecule has 0 unspecified atom stereocenters. The summed E-state index contributed by atoms with van der Waals surface area (Å²) in [4.78, 5) is 35.6. The van der Waals surface area contributed by atoms with Gasteiger partial charge in [-0.3, -0.25) is 19.9 Å². The fraction of sp³-hybridized carbons (Fsp3) is 0.133. The van der Waals surface area contributed by atoms with Crippen LogP contribution < -0.4 is 10.6 Å². The third-order valence-electron chi connectivity index (χ3n) is 2.94. The Kier molecular flexibility index (Phi) is 3.98. The number of aryl methyl sites for hydroxylation is 1. The van der Waals surface area contributed by atoms with E-state index in [1.54, 1.807) is 19.1 Å². The van der Waals surface area contributed by atoms with E-state index >= 15 is 0 Å². The lowest BCUT2D eigenvalue weighted by Gasteiger charge is -2.00. The molecule has 116 valence electrons. The number of amides is 2. The predicted molar refractivity (Wildman–Crippen MR) is 88.6 cm³/mol. The molecule has 0 aliphatic carbocycles. The van der Waals surface area contributed by atoms with E-state index in [4.69, 9.17) is 0 Å². The Balaban J connectivity index is 1.81. The largest absolute Gasteiger partial charge is 0.326 e. The van der Waals surface area contributed by atoms with E-state index in [2.05, 4.69) is 25.6 Å². The quantitative estimate of drug-likeness (QED) is 0.770. The Morgan fingerprint density at radius 2 is 1.96 bits per heavy atom. The zero-order valence-corrected chi connectivity index (χ0v) is 13.3. The standard InChI is InChI=1S/C15H13N5O2S/c1-8-6-17-12(7-16-8)14(22)20-15-19-11-4-3-10(18-9(2)21)5-13(11)23-15/h3-7H,1-2H3,(H,18,21)(H,19,20,22). The number of nitrogens with zero attached hydrogens (tertiary/aromatic N) is 3. The Hall–Kier alpha value is -2.87. The number of carbonyl (C=O) groups is 2. The first-order valence-corrected chi connectivity index (χ1v) is 7.61. The second-order valence-electron chi connectivity index (χ2n) is 4.88. The molecule has 2 heterocycles. The summed E-state index contributed by atoms with van der Waals surface area (Å²) in [5, 5.41) is 5.88. The molecule has 0 radical (unpaired) electrons. The van der Waals surface area contributed by atoms with Gasteiger partial charge in [0, 0.05) is 18.8 Å². The number of benzene rings is 1. The smallest absolute Gasteiger partial charge is 0.277 e. The molecule has 1 aromatic carbocycles. The summed E-state index contributed by atoms with van der Waals surface area (Å²) in [6.07, 6.45) is 2.96. The molecule has 0 saturated carbocycles. The Labute approximate surface area is 135 Å². The molecule has 0 aliphatic heterocycles. The van der Waals surface area contributed by atoms with Gasteiger partial charge < -0.3 is 5.32 Å². The number of hydrogen-bond donors (Lipinski definition) is 2. The number of aromatic nitrogens is 3. The first kappa shape index (κ1) is 15.0. The van der Waals surface area contributed by atoms with Gasteiger partial charge in [0.15, 0.2) is 5.13 Å². The van der Waals surface area contributed by atoms with E-state index < -0.39 is 0 Å². The van der Waals surface area contributed by atoms with Crippen molar-refractivity contribution in [1.82, 2.24) is 15.0 Å². The van der Waals surface area contributed by atoms with Crippen molar-refractivity contribution in [3.05, 3.63) is 42.0 Å². The summed E-state index contributed by atoms with van der Waals surface area (Å²) >= 11 is 1.32. The van der Waals surface area contributed by atoms with E-state index in [1.165, 1.54) is 30.7 Å². The highest BCUT2D eigenvalue weighted by atomic mass is 32.1. The summed E-state index contributed by atoms with van der Waals surface area (Å²) in [7, 11) is 0. The normalized spacial score (nSPS) is 10.5. The van der Waals surface area contributed by atoms with Crippen molar-refractivity contribution < 1.29 is 9.59 Å². The zero-order chi connectivity index (χ0) is 16.4. The second kappa shape index (κ2) is 6.09. The van der Waals surface area contributed by atoms with Crippen LogP contribution in [0, 0.1) is 6.92 Å². The van der Waals surface area contributed by atoms with E-state index in [0.29, 0.717) is 10.8 Å². The topological polar surface area (TPSA) is 96.9 Å². The van der Waals surface area contributed by atoms with Crippen LogP contribution in [-0.4, -0.2) is 26.8 Å². The number of hydrogen-bond acceptors (Lipinski definition) is 6. The van der Waals surface area contributed by atoms with E-state index in [-0.39, 0.29) is 17.5 Å². The number of rotatable bonds is 3. The van der Waals surface area contributed by atoms with Crippen molar-refractivity contribution in [2.75, 3.05) is 10.6 Å². The van der Waals surface area contributed by atoms with Crippen LogP contribution in [0.4, 0.5) is 10.8 Å². The number of nitrogens with one attached hydrogen (secondary N) is 2. The molecule has 3 aromatic rings. The van der Waals surface area contributed by atoms with Gasteiger partial charge in [-0.2, -0.15) is 0 Å². The number of carbonyl (C=O) groups excluding carboxylic acids is 2. The van der Waals surface area contributed by atoms with E-state index in [0.717, 1.165) is 15.9 Å². The number of fused-ring (bicyclic) bond motifs is 1. The van der Waals surface area contributed by atoms with Gasteiger partial charge in [-0.05, 0) is 25.1 Å². The zero-order valence-electron chi connectivity index (χ0n) is 12.5. The molecule has 0 spiro atoms. The lowest BCUT2D eigenvalue weighted by molar-refractivity contribution is -0.114. The Morgan fingerprint density at radius 1 is 1.13 bits per heavy atom. The molecule has 8 heteroatoms. The highest BCUT2D eigenvalue weighted by Crippen LogP contribution is 2.28. The van der Waals surface area contributed by atoms with Crippen LogP contribution in [0.5, 0.6) is 0 Å². The van der Waals surface area contributed by atoms with Gasteiger partial charge in [-0.1, -0.05) is 11.3 Å². The summed E-state index contributed by atoms with van der Waals surface area (Å²) in [6, 6.07) is 5.37. The first-order chi connectivity index (χ1) is 11.0. The molecule has 2 N–H and O–H groups in total. The molecule has 0 aliphatic rings. The lowest BCUT2D eigenvalue weighted by Crippen LogP contribution is -2.13. The minimum Gasteiger partial charge on any atom is -0.326 e. The van der Waals surface area contributed by atoms with Crippen LogP contribution in [0.2, 0.25) is 0 Å². The summed E-state index contributed by atoms with van der Waals surface area (Å²) in [5.41, 5.74) is 2.41. The van der Waals surface area contributed by atoms with Gasteiger partial charge in [0.25, 0.3) is 5.91 Å². The van der Waals surface area contributed by atoms with E-state index in [1.807, 2.05) is 6.07 Å². The number of thiazole rings is 1. The monoisotopic (exact) mass is 327 g/mol. The highest BCUT2D eigenvalue weighted by molar-refractivity contribution is 7.22. The second-order valence-corrected chi connectivity index (χ2v) is 5.91. The van der Waals surface area contributed by atoms with Crippen LogP contribution in [0.3, 0.4) is 0 Å². The maximum atomic E-state index is 12.1. The van der Waals surface area contributed by atoms with Gasteiger partial charge in [0.2, 0.25) is 5.91 Å². The average Bonchev–Trinajstić information content (AvgIpc) is 2.88. The fourth-order valence-electron chi connectivity index (χ4n) is 1.93. The molecule has 0 fully saturated rings. The Morgan fingerprint density at radius 3 is 2.65 bits per heavy atom. The van der Waals surface area contributed by atoms with Crippen LogP contribution in [0.25, 0.3) is 10.2 Å². The van der Waals surface area contributed by atoms with Crippen LogP contribution >= 0.6 is 11.3 Å². The third-order valence-corrected chi connectivity index (χ3v) is 3.88. The maximum absolute atomic E-state index is 12.1. The van der Waals surface area contributed by atoms with Gasteiger partial charge in [0.1, 0.15) is 5.69 Å². The minimum absolute atomic E-state index is 0.139. The summed E-state index contributed by atoms with van der Waals surface area (Å²) in [5.74, 6) is -0.501. The van der Waals surface area contributed by atoms with Crippen molar-refractivity contribution in [3.8, 4) is 0 Å². The summed E-state index contributed by atoms with van der Waals surface area (Å²) in [6.45, 7) is 3.25. The van der Waals surface area contributed by atoms with Crippen molar-refractivity contribution in [1.29, 1.82) is 0 Å². The highest BCUT2D eigenvalue weighted by Gasteiger charge is 2.12. The summed E-state index contributed by atoms with van der Waals surface area (Å²) < 4.78 is 0.863. The van der Waals surface area contributed by atoms with Crippen LogP contribution in [-0.2, 0) is 4.79 Å². The lowest BCUT2D eigenvalue weighted by atomic mass is 10.3.